The number of carbonyl (C=O) groups excluding carboxylic acids is 1. The molecule has 1 saturated carbocycles. The Morgan fingerprint density at radius 1 is 1.05 bits per heavy atom. The van der Waals surface area contributed by atoms with Crippen LogP contribution in [0.4, 0.5) is 4.79 Å². The highest BCUT2D eigenvalue weighted by Crippen LogP contribution is 2.34. The lowest BCUT2D eigenvalue weighted by Crippen LogP contribution is -2.51. The molecule has 0 radical (unpaired) electrons. The van der Waals surface area contributed by atoms with Gasteiger partial charge < -0.3 is 10.1 Å². The maximum Gasteiger partial charge on any atom is 0.408 e. The summed E-state index contributed by atoms with van der Waals surface area (Å²) in [7, 11) is -3.41. The number of nitrogens with one attached hydrogen (secondary N) is 1. The molecule has 1 aliphatic rings. The Bertz CT molecular complexity index is 485. The van der Waals surface area contributed by atoms with E-state index >= 15 is 0 Å². The van der Waals surface area contributed by atoms with Gasteiger partial charge in [0.2, 0.25) is 0 Å². The minimum Gasteiger partial charge on any atom is -0.444 e. The van der Waals surface area contributed by atoms with Gasteiger partial charge in [-0.3, -0.25) is 4.18 Å². The molecule has 0 heterocycles. The average molecular weight is 335 g/mol. The molecule has 6 nitrogen and oxygen atoms in total. The molecule has 0 aromatic heterocycles. The van der Waals surface area contributed by atoms with Crippen molar-refractivity contribution >= 4 is 16.2 Å². The monoisotopic (exact) mass is 335 g/mol. The van der Waals surface area contributed by atoms with Gasteiger partial charge in [-0.2, -0.15) is 8.42 Å². The van der Waals surface area contributed by atoms with E-state index in [1.807, 2.05) is 34.6 Å². The smallest absolute Gasteiger partial charge is 0.408 e. The normalized spacial score (nSPS) is 23.9. The SMILES string of the molecule is CC(C)(C)OC(=O)NC(C)(C)C1CCC(OS(C)(=O)=O)CC1. The van der Waals surface area contributed by atoms with Crippen LogP contribution in [0, 0.1) is 5.92 Å². The zero-order chi connectivity index (χ0) is 17.2. The predicted octanol–water partition coefficient (Wildman–Crippen LogP) is 2.82. The van der Waals surface area contributed by atoms with E-state index in [0.717, 1.165) is 19.1 Å². The van der Waals surface area contributed by atoms with Crippen LogP contribution in [0.3, 0.4) is 0 Å². The fraction of sp³-hybridized carbons (Fsp3) is 0.933. The maximum absolute atomic E-state index is 11.9. The number of hydrogen-bond acceptors (Lipinski definition) is 5. The molecule has 0 aromatic carbocycles. The Balaban J connectivity index is 2.53. The van der Waals surface area contributed by atoms with Crippen LogP contribution in [0.15, 0.2) is 0 Å². The lowest BCUT2D eigenvalue weighted by molar-refractivity contribution is 0.0387. The summed E-state index contributed by atoms with van der Waals surface area (Å²) >= 11 is 0. The highest BCUT2D eigenvalue weighted by molar-refractivity contribution is 7.86. The van der Waals surface area contributed by atoms with E-state index < -0.39 is 27.4 Å². The predicted molar refractivity (Wildman–Crippen MR) is 85.1 cm³/mol. The summed E-state index contributed by atoms with van der Waals surface area (Å²) < 4.78 is 32.7. The molecule has 1 amide bonds. The highest BCUT2D eigenvalue weighted by atomic mass is 32.2. The molecule has 1 rings (SSSR count). The second-order valence-corrected chi connectivity index (χ2v) is 9.22. The van der Waals surface area contributed by atoms with Crippen LogP contribution in [0.25, 0.3) is 0 Å². The lowest BCUT2D eigenvalue weighted by atomic mass is 9.76. The van der Waals surface area contributed by atoms with Crippen molar-refractivity contribution in [1.82, 2.24) is 5.32 Å². The number of hydrogen-bond donors (Lipinski definition) is 1. The van der Waals surface area contributed by atoms with Crippen LogP contribution in [0.2, 0.25) is 0 Å². The molecule has 130 valence electrons. The van der Waals surface area contributed by atoms with E-state index in [-0.39, 0.29) is 12.0 Å². The van der Waals surface area contributed by atoms with Crippen LogP contribution in [0.1, 0.15) is 60.3 Å². The lowest BCUT2D eigenvalue weighted by Gasteiger charge is -2.39. The van der Waals surface area contributed by atoms with Crippen molar-refractivity contribution in [3.8, 4) is 0 Å². The molecule has 0 spiro atoms. The summed E-state index contributed by atoms with van der Waals surface area (Å²) in [5.41, 5.74) is -0.931. The first-order chi connectivity index (χ1) is 9.78. The largest absolute Gasteiger partial charge is 0.444 e. The summed E-state index contributed by atoms with van der Waals surface area (Å²) in [4.78, 5) is 11.9. The minimum absolute atomic E-state index is 0.247. The third-order valence-electron chi connectivity index (χ3n) is 3.83. The molecule has 0 aromatic rings. The summed E-state index contributed by atoms with van der Waals surface area (Å²) in [6.45, 7) is 9.42. The molecule has 1 N–H and O–H groups in total. The first-order valence-corrected chi connectivity index (χ1v) is 9.49. The van der Waals surface area contributed by atoms with Crippen molar-refractivity contribution in [3.05, 3.63) is 0 Å². The topological polar surface area (TPSA) is 81.7 Å². The molecule has 22 heavy (non-hydrogen) atoms. The van der Waals surface area contributed by atoms with E-state index in [2.05, 4.69) is 5.32 Å². The Labute approximate surface area is 134 Å². The van der Waals surface area contributed by atoms with E-state index in [1.54, 1.807) is 0 Å². The van der Waals surface area contributed by atoms with Crippen LogP contribution in [-0.2, 0) is 19.0 Å². The maximum atomic E-state index is 11.9. The van der Waals surface area contributed by atoms with E-state index in [1.165, 1.54) is 0 Å². The number of carbonyl (C=O) groups is 1. The Morgan fingerprint density at radius 2 is 1.55 bits per heavy atom. The van der Waals surface area contributed by atoms with Crippen molar-refractivity contribution in [2.24, 2.45) is 5.92 Å². The van der Waals surface area contributed by atoms with Crippen LogP contribution < -0.4 is 5.32 Å². The van der Waals surface area contributed by atoms with Gasteiger partial charge in [-0.25, -0.2) is 4.79 Å². The summed E-state index contributed by atoms with van der Waals surface area (Å²) in [5.74, 6) is 0.263. The van der Waals surface area contributed by atoms with Crippen molar-refractivity contribution in [2.75, 3.05) is 6.26 Å². The molecule has 1 aliphatic carbocycles. The second-order valence-electron chi connectivity index (χ2n) is 7.62. The van der Waals surface area contributed by atoms with E-state index in [0.29, 0.717) is 12.8 Å². The number of alkyl carbamates (subject to hydrolysis) is 1. The van der Waals surface area contributed by atoms with Crippen molar-refractivity contribution < 1.29 is 22.1 Å². The van der Waals surface area contributed by atoms with Gasteiger partial charge in [0.15, 0.2) is 0 Å². The van der Waals surface area contributed by atoms with Crippen molar-refractivity contribution in [1.29, 1.82) is 0 Å². The molecule has 0 saturated heterocycles. The third kappa shape index (κ3) is 6.96. The average Bonchev–Trinajstić information content (AvgIpc) is 2.23. The summed E-state index contributed by atoms with van der Waals surface area (Å²) in [6, 6.07) is 0. The Morgan fingerprint density at radius 3 is 1.95 bits per heavy atom. The quantitative estimate of drug-likeness (QED) is 0.799. The first kappa shape index (κ1) is 19.2. The molecule has 0 aliphatic heterocycles. The molecule has 1 fully saturated rings. The second kappa shape index (κ2) is 6.74. The number of rotatable bonds is 4. The van der Waals surface area contributed by atoms with Crippen LogP contribution >= 0.6 is 0 Å². The van der Waals surface area contributed by atoms with Gasteiger partial charge in [0.05, 0.1) is 12.4 Å². The Hall–Kier alpha value is -0.820. The molecule has 0 unspecified atom stereocenters. The van der Waals surface area contributed by atoms with Crippen molar-refractivity contribution in [3.63, 3.8) is 0 Å². The third-order valence-corrected chi connectivity index (χ3v) is 4.45. The van der Waals surface area contributed by atoms with Gasteiger partial charge in [-0.05, 0) is 66.2 Å². The highest BCUT2D eigenvalue weighted by Gasteiger charge is 2.36. The summed E-state index contributed by atoms with van der Waals surface area (Å²) in [5, 5.41) is 2.93. The number of ether oxygens (including phenoxy) is 1. The number of amides is 1. The fourth-order valence-corrected chi connectivity index (χ4v) is 3.48. The molecule has 0 atom stereocenters. The van der Waals surface area contributed by atoms with Crippen molar-refractivity contribution in [2.45, 2.75) is 77.5 Å². The summed E-state index contributed by atoms with van der Waals surface area (Å²) in [6.07, 6.45) is 3.38. The van der Waals surface area contributed by atoms with Crippen LogP contribution in [-0.4, -0.2) is 38.0 Å². The molecular weight excluding hydrogens is 306 g/mol. The van der Waals surface area contributed by atoms with Gasteiger partial charge in [0, 0.05) is 5.54 Å². The standard InChI is InChI=1S/C15H29NO5S/c1-14(2,3)20-13(17)16-15(4,5)11-7-9-12(10-8-11)21-22(6,18)19/h11-12H,7-10H2,1-6H3,(H,16,17). The fourth-order valence-electron chi connectivity index (χ4n) is 2.80. The zero-order valence-corrected chi connectivity index (χ0v) is 15.2. The van der Waals surface area contributed by atoms with E-state index in [4.69, 9.17) is 8.92 Å². The van der Waals surface area contributed by atoms with Crippen LogP contribution in [0.5, 0.6) is 0 Å². The Kier molecular flexibility index (Phi) is 5.89. The first-order valence-electron chi connectivity index (χ1n) is 7.68. The minimum atomic E-state index is -3.41. The zero-order valence-electron chi connectivity index (χ0n) is 14.4. The van der Waals surface area contributed by atoms with Gasteiger partial charge in [-0.1, -0.05) is 0 Å². The molecule has 0 bridgehead atoms. The van der Waals surface area contributed by atoms with Gasteiger partial charge in [0.25, 0.3) is 10.1 Å². The molecular formula is C15H29NO5S. The van der Waals surface area contributed by atoms with Gasteiger partial charge in [-0.15, -0.1) is 0 Å². The van der Waals surface area contributed by atoms with E-state index in [9.17, 15) is 13.2 Å². The molecule has 7 heteroatoms. The van der Waals surface area contributed by atoms with Gasteiger partial charge >= 0.3 is 6.09 Å². The van der Waals surface area contributed by atoms with Gasteiger partial charge in [0.1, 0.15) is 5.60 Å².